The molecular formula is C42H35Cl2N3O8. The second-order valence-electron chi connectivity index (χ2n) is 14.3. The summed E-state index contributed by atoms with van der Waals surface area (Å²) in [5.41, 5.74) is 4.17. The van der Waals surface area contributed by atoms with Crippen LogP contribution in [0.1, 0.15) is 47.2 Å². The van der Waals surface area contributed by atoms with Crippen LogP contribution >= 0.6 is 23.2 Å². The van der Waals surface area contributed by atoms with Crippen LogP contribution in [-0.2, 0) is 24.6 Å². The molecule has 0 aromatic heterocycles. The van der Waals surface area contributed by atoms with Crippen LogP contribution in [0.15, 0.2) is 96.6 Å². The monoisotopic (exact) mass is 779 g/mol. The molecule has 0 unspecified atom stereocenters. The summed E-state index contributed by atoms with van der Waals surface area (Å²) in [6.07, 6.45) is 2.19. The Labute approximate surface area is 326 Å². The van der Waals surface area contributed by atoms with Crippen molar-refractivity contribution in [2.24, 2.45) is 23.7 Å². The van der Waals surface area contributed by atoms with E-state index in [1.807, 2.05) is 6.08 Å². The molecule has 2 aliphatic carbocycles. The maximum atomic E-state index is 15.4. The van der Waals surface area contributed by atoms with Gasteiger partial charge >= 0.3 is 0 Å². The van der Waals surface area contributed by atoms with Crippen molar-refractivity contribution in [3.8, 4) is 17.2 Å². The van der Waals surface area contributed by atoms with E-state index in [4.69, 9.17) is 32.7 Å². The molecule has 2 aliphatic heterocycles. The van der Waals surface area contributed by atoms with E-state index in [0.29, 0.717) is 38.7 Å². The molecule has 4 aromatic carbocycles. The van der Waals surface area contributed by atoms with Gasteiger partial charge in [0, 0.05) is 16.5 Å². The Morgan fingerprint density at radius 3 is 2.22 bits per heavy atom. The van der Waals surface area contributed by atoms with E-state index >= 15 is 4.79 Å². The number of phenols is 1. The summed E-state index contributed by atoms with van der Waals surface area (Å²) in [7, 11) is 2.96. The number of allylic oxidation sites excluding steroid dienone is 2. The number of Topliss-reactive ketones (excluding diaryl/α,β-unsaturated/α-hetero) is 1. The largest absolute Gasteiger partial charge is 0.504 e. The molecule has 8 rings (SSSR count). The van der Waals surface area contributed by atoms with Gasteiger partial charge in [0.25, 0.3) is 11.8 Å². The molecule has 4 aromatic rings. The molecule has 4 amide bonds. The molecule has 280 valence electrons. The number of benzene rings is 4. The number of amides is 4. The van der Waals surface area contributed by atoms with Crippen LogP contribution in [0.2, 0.25) is 10.0 Å². The van der Waals surface area contributed by atoms with E-state index in [9.17, 15) is 24.3 Å². The number of phenolic OH excluding ortho intramolecular Hbond substituents is 1. The first-order valence-electron chi connectivity index (χ1n) is 17.7. The Morgan fingerprint density at radius 1 is 0.855 bits per heavy atom. The fourth-order valence-electron chi connectivity index (χ4n) is 9.20. The molecule has 0 spiro atoms. The van der Waals surface area contributed by atoms with Gasteiger partial charge in [0.2, 0.25) is 11.8 Å². The number of ketones is 1. The van der Waals surface area contributed by atoms with Gasteiger partial charge in [0.1, 0.15) is 5.75 Å². The summed E-state index contributed by atoms with van der Waals surface area (Å²) in [6.45, 7) is 1.44. The number of hydrogen-bond acceptors (Lipinski definition) is 9. The average Bonchev–Trinajstić information content (AvgIpc) is 3.56. The fraction of sp³-hybridized carbons (Fsp3) is 0.262. The van der Waals surface area contributed by atoms with Crippen LogP contribution < -0.4 is 19.8 Å². The molecular weight excluding hydrogens is 745 g/mol. The Kier molecular flexibility index (Phi) is 8.97. The van der Waals surface area contributed by atoms with E-state index in [-0.39, 0.29) is 46.7 Å². The normalized spacial score (nSPS) is 25.6. The molecule has 1 saturated carbocycles. The van der Waals surface area contributed by atoms with Crippen molar-refractivity contribution in [1.82, 2.24) is 5.01 Å². The number of hydrazine groups is 1. The molecule has 4 aliphatic rings. The number of halogens is 2. The van der Waals surface area contributed by atoms with Gasteiger partial charge in [-0.3, -0.25) is 34.3 Å². The highest BCUT2D eigenvalue weighted by Crippen LogP contribution is 2.64. The van der Waals surface area contributed by atoms with Gasteiger partial charge in [-0.05, 0) is 104 Å². The zero-order valence-electron chi connectivity index (χ0n) is 29.9. The lowest BCUT2D eigenvalue weighted by Gasteiger charge is -2.50. The minimum Gasteiger partial charge on any atom is -0.504 e. The number of carbonyl (C=O) groups is 5. The van der Waals surface area contributed by atoms with E-state index in [2.05, 4.69) is 5.43 Å². The summed E-state index contributed by atoms with van der Waals surface area (Å²) < 4.78 is 10.8. The summed E-state index contributed by atoms with van der Waals surface area (Å²) in [4.78, 5) is 72.2. The molecule has 11 nitrogen and oxygen atoms in total. The predicted octanol–water partition coefficient (Wildman–Crippen LogP) is 7.11. The van der Waals surface area contributed by atoms with Gasteiger partial charge in [0.15, 0.2) is 17.3 Å². The Balaban J connectivity index is 1.31. The van der Waals surface area contributed by atoms with Crippen molar-refractivity contribution in [3.05, 3.63) is 123 Å². The number of aromatic hydroxyl groups is 1. The van der Waals surface area contributed by atoms with Gasteiger partial charge in [-0.15, -0.1) is 0 Å². The van der Waals surface area contributed by atoms with Crippen molar-refractivity contribution in [2.75, 3.05) is 24.5 Å². The number of hydrogen-bond donors (Lipinski definition) is 2. The molecule has 13 heteroatoms. The van der Waals surface area contributed by atoms with Gasteiger partial charge in [0.05, 0.1) is 53.8 Å². The zero-order chi connectivity index (χ0) is 38.9. The first-order chi connectivity index (χ1) is 26.4. The highest BCUT2D eigenvalue weighted by Gasteiger charge is 2.70. The lowest BCUT2D eigenvalue weighted by atomic mass is 9.49. The summed E-state index contributed by atoms with van der Waals surface area (Å²) in [6, 6.07) is 22.8. The number of methoxy groups -OCH3 is 2. The van der Waals surface area contributed by atoms with Crippen LogP contribution in [0, 0.1) is 23.7 Å². The standard InChI is InChI=1S/C42H35Cl2N3O8/c1-21(48)22-4-10-26(11-5-22)46-38(50)29-15-14-28-30(36(29)40(46)52)20-31-39(51)47(45-33-16-9-25(43)19-32(33)44)41(53)42(31,24-7-12-27(54-2)13-8-24)37(28)23-6-17-35(55-3)34(49)18-23/h4-14,16-19,29-31,36-37,45,49H,15,20H2,1-3H3/t29-,30+,31-,36-,37-,42+/m0/s1. The summed E-state index contributed by atoms with van der Waals surface area (Å²) in [5, 5.41) is 12.7. The number of ether oxygens (including phenoxy) is 2. The molecule has 55 heavy (non-hydrogen) atoms. The fourth-order valence-corrected chi connectivity index (χ4v) is 9.66. The third-order valence-electron chi connectivity index (χ3n) is 11.6. The molecule has 2 heterocycles. The van der Waals surface area contributed by atoms with Gasteiger partial charge < -0.3 is 14.6 Å². The van der Waals surface area contributed by atoms with Gasteiger partial charge in [-0.25, -0.2) is 0 Å². The molecule has 0 radical (unpaired) electrons. The molecule has 6 atom stereocenters. The Morgan fingerprint density at radius 2 is 1.58 bits per heavy atom. The smallest absolute Gasteiger partial charge is 0.260 e. The molecule has 2 saturated heterocycles. The Bertz CT molecular complexity index is 2330. The summed E-state index contributed by atoms with van der Waals surface area (Å²) >= 11 is 12.7. The van der Waals surface area contributed by atoms with Crippen molar-refractivity contribution in [1.29, 1.82) is 0 Å². The second kappa shape index (κ2) is 13.6. The number of anilines is 2. The van der Waals surface area contributed by atoms with Crippen LogP contribution in [0.5, 0.6) is 17.2 Å². The maximum absolute atomic E-state index is 15.4. The highest BCUT2D eigenvalue weighted by molar-refractivity contribution is 6.36. The van der Waals surface area contributed by atoms with E-state index < -0.39 is 52.7 Å². The van der Waals surface area contributed by atoms with Crippen molar-refractivity contribution in [3.63, 3.8) is 0 Å². The zero-order valence-corrected chi connectivity index (χ0v) is 31.4. The minimum atomic E-state index is -1.60. The minimum absolute atomic E-state index is 0.0604. The van der Waals surface area contributed by atoms with Crippen LogP contribution in [-0.4, -0.2) is 53.7 Å². The molecule has 2 N–H and O–H groups in total. The summed E-state index contributed by atoms with van der Waals surface area (Å²) in [5.74, 6) is -5.64. The van der Waals surface area contributed by atoms with Gasteiger partial charge in [-0.1, -0.05) is 53.1 Å². The first kappa shape index (κ1) is 36.3. The van der Waals surface area contributed by atoms with Crippen molar-refractivity contribution >= 4 is 64.0 Å². The lowest BCUT2D eigenvalue weighted by Crippen LogP contribution is -2.53. The Hall–Kier alpha value is -5.65. The van der Waals surface area contributed by atoms with E-state index in [1.165, 1.54) is 38.2 Å². The van der Waals surface area contributed by atoms with E-state index in [0.717, 1.165) is 5.01 Å². The molecule has 0 bridgehead atoms. The van der Waals surface area contributed by atoms with Crippen LogP contribution in [0.4, 0.5) is 11.4 Å². The number of carbonyl (C=O) groups excluding carboxylic acids is 5. The number of imide groups is 2. The number of fused-ring (bicyclic) bond motifs is 4. The highest BCUT2D eigenvalue weighted by atomic mass is 35.5. The maximum Gasteiger partial charge on any atom is 0.260 e. The lowest BCUT2D eigenvalue weighted by molar-refractivity contribution is -0.138. The quantitative estimate of drug-likeness (QED) is 0.109. The van der Waals surface area contributed by atoms with Crippen molar-refractivity contribution in [2.45, 2.75) is 31.1 Å². The second-order valence-corrected chi connectivity index (χ2v) is 15.1. The number of nitrogens with zero attached hydrogens (tertiary/aromatic N) is 2. The van der Waals surface area contributed by atoms with Gasteiger partial charge in [-0.2, -0.15) is 5.01 Å². The number of rotatable bonds is 8. The molecule has 3 fully saturated rings. The van der Waals surface area contributed by atoms with Crippen LogP contribution in [0.25, 0.3) is 0 Å². The van der Waals surface area contributed by atoms with Crippen LogP contribution in [0.3, 0.4) is 0 Å². The third kappa shape index (κ3) is 5.51. The van der Waals surface area contributed by atoms with Crippen molar-refractivity contribution < 1.29 is 38.6 Å². The predicted molar refractivity (Wildman–Crippen MR) is 204 cm³/mol. The SMILES string of the molecule is COc1ccc([C@@]23C(=O)N(Nc4ccc(Cl)cc4Cl)C(=O)[C@@H]2C[C@@H]2C(=CC[C@@H]4C(=O)N(c5ccc(C(C)=O)cc5)C(=O)[C@@H]42)[C@@H]3c2ccc(OC)c(O)c2)cc1. The number of nitrogens with one attached hydrogen (secondary N) is 1. The topological polar surface area (TPSA) is 143 Å². The average molecular weight is 781 g/mol. The van der Waals surface area contributed by atoms with E-state index in [1.54, 1.807) is 72.8 Å². The first-order valence-corrected chi connectivity index (χ1v) is 18.5. The third-order valence-corrected chi connectivity index (χ3v) is 12.2.